The molecule has 82 valence electrons. The normalized spacial score (nSPS) is 11.0. The molecule has 7 nitrogen and oxygen atoms in total. The Hall–Kier alpha value is -1.83. The van der Waals surface area contributed by atoms with Crippen LogP contribution in [0.25, 0.3) is 0 Å². The van der Waals surface area contributed by atoms with E-state index in [1.165, 1.54) is 12.1 Å². The highest BCUT2D eigenvalue weighted by atomic mass is 32.2. The van der Waals surface area contributed by atoms with Crippen molar-refractivity contribution < 1.29 is 17.5 Å². The SMILES string of the molecule is CS(=O)(=O)Oc1ccc(N)c([N+](=O)[O-])c1. The van der Waals surface area contributed by atoms with Gasteiger partial charge >= 0.3 is 10.1 Å². The second kappa shape index (κ2) is 3.73. The van der Waals surface area contributed by atoms with E-state index in [0.29, 0.717) is 0 Å². The highest BCUT2D eigenvalue weighted by molar-refractivity contribution is 7.86. The lowest BCUT2D eigenvalue weighted by atomic mass is 10.2. The maximum atomic E-state index is 10.7. The molecule has 0 aromatic heterocycles. The maximum Gasteiger partial charge on any atom is 0.306 e. The minimum atomic E-state index is -3.70. The molecule has 0 aliphatic carbocycles. The molecule has 0 atom stereocenters. The quantitative estimate of drug-likeness (QED) is 0.351. The van der Waals surface area contributed by atoms with E-state index in [9.17, 15) is 18.5 Å². The number of nitrogens with zero attached hydrogens (tertiary/aromatic N) is 1. The van der Waals surface area contributed by atoms with E-state index in [-0.39, 0.29) is 11.4 Å². The first-order valence-electron chi connectivity index (χ1n) is 3.73. The van der Waals surface area contributed by atoms with Gasteiger partial charge in [-0.15, -0.1) is 0 Å². The van der Waals surface area contributed by atoms with Crippen molar-refractivity contribution in [3.63, 3.8) is 0 Å². The molecule has 0 aliphatic rings. The van der Waals surface area contributed by atoms with Crippen LogP contribution in [0.5, 0.6) is 5.75 Å². The average Bonchev–Trinajstić information content (AvgIpc) is 2.05. The van der Waals surface area contributed by atoms with E-state index >= 15 is 0 Å². The van der Waals surface area contributed by atoms with E-state index in [4.69, 9.17) is 5.73 Å². The van der Waals surface area contributed by atoms with Gasteiger partial charge in [0.1, 0.15) is 11.4 Å². The fraction of sp³-hybridized carbons (Fsp3) is 0.143. The number of nitrogen functional groups attached to an aromatic ring is 1. The monoisotopic (exact) mass is 232 g/mol. The van der Waals surface area contributed by atoms with Crippen LogP contribution in [-0.4, -0.2) is 19.6 Å². The number of hydrogen-bond donors (Lipinski definition) is 1. The number of anilines is 1. The zero-order chi connectivity index (χ0) is 11.6. The summed E-state index contributed by atoms with van der Waals surface area (Å²) in [7, 11) is -3.70. The van der Waals surface area contributed by atoms with Gasteiger partial charge < -0.3 is 9.92 Å². The average molecular weight is 232 g/mol. The summed E-state index contributed by atoms with van der Waals surface area (Å²) in [5.74, 6) is -0.140. The molecule has 0 unspecified atom stereocenters. The fourth-order valence-corrected chi connectivity index (χ4v) is 1.36. The topological polar surface area (TPSA) is 113 Å². The molecule has 0 fully saturated rings. The van der Waals surface area contributed by atoms with Crippen molar-refractivity contribution in [1.29, 1.82) is 0 Å². The largest absolute Gasteiger partial charge is 0.393 e. The van der Waals surface area contributed by atoms with E-state index in [2.05, 4.69) is 4.18 Å². The molecule has 0 spiro atoms. The first-order chi connectivity index (χ1) is 6.79. The summed E-state index contributed by atoms with van der Waals surface area (Å²) in [5.41, 5.74) is 4.86. The molecule has 1 aromatic rings. The van der Waals surface area contributed by atoms with Crippen LogP contribution >= 0.6 is 0 Å². The second-order valence-electron chi connectivity index (χ2n) is 2.77. The third-order valence-corrected chi connectivity index (χ3v) is 1.94. The molecule has 0 heterocycles. The van der Waals surface area contributed by atoms with Crippen LogP contribution in [0.1, 0.15) is 0 Å². The van der Waals surface area contributed by atoms with Crippen molar-refractivity contribution in [2.45, 2.75) is 0 Å². The number of hydrogen-bond acceptors (Lipinski definition) is 6. The van der Waals surface area contributed by atoms with E-state index in [0.717, 1.165) is 12.3 Å². The number of nitro groups is 1. The molecular formula is C7H8N2O5S. The Balaban J connectivity index is 3.14. The summed E-state index contributed by atoms with van der Waals surface area (Å²) in [5, 5.41) is 10.5. The Kier molecular flexibility index (Phi) is 2.80. The Morgan fingerprint density at radius 3 is 2.53 bits per heavy atom. The van der Waals surface area contributed by atoms with Crippen LogP contribution in [0.2, 0.25) is 0 Å². The molecule has 8 heteroatoms. The third kappa shape index (κ3) is 3.09. The zero-order valence-corrected chi connectivity index (χ0v) is 8.52. The molecule has 0 bridgehead atoms. The van der Waals surface area contributed by atoms with Crippen LogP contribution in [0.3, 0.4) is 0 Å². The summed E-state index contributed by atoms with van der Waals surface area (Å²) >= 11 is 0. The van der Waals surface area contributed by atoms with Crippen LogP contribution in [0, 0.1) is 10.1 Å². The van der Waals surface area contributed by atoms with Gasteiger partial charge in [0.05, 0.1) is 17.2 Å². The van der Waals surface area contributed by atoms with Gasteiger partial charge in [-0.2, -0.15) is 8.42 Å². The lowest BCUT2D eigenvalue weighted by Crippen LogP contribution is -2.06. The van der Waals surface area contributed by atoms with Gasteiger partial charge in [-0.05, 0) is 12.1 Å². The van der Waals surface area contributed by atoms with Gasteiger partial charge in [0, 0.05) is 0 Å². The fourth-order valence-electron chi connectivity index (χ4n) is 0.908. The number of rotatable bonds is 3. The molecular weight excluding hydrogens is 224 g/mol. The molecule has 0 amide bonds. The van der Waals surface area contributed by atoms with Crippen LogP contribution < -0.4 is 9.92 Å². The van der Waals surface area contributed by atoms with Gasteiger partial charge in [0.25, 0.3) is 5.69 Å². The Morgan fingerprint density at radius 1 is 1.47 bits per heavy atom. The molecule has 0 radical (unpaired) electrons. The number of nitro benzene ring substituents is 1. The second-order valence-corrected chi connectivity index (χ2v) is 4.34. The first kappa shape index (κ1) is 11.2. The van der Waals surface area contributed by atoms with Gasteiger partial charge in [0.15, 0.2) is 0 Å². The van der Waals surface area contributed by atoms with Crippen molar-refractivity contribution in [2.24, 2.45) is 0 Å². The Bertz CT molecular complexity index is 496. The third-order valence-electron chi connectivity index (χ3n) is 1.45. The summed E-state index contributed by atoms with van der Waals surface area (Å²) in [6.07, 6.45) is 0.842. The van der Waals surface area contributed by atoms with E-state index in [1.54, 1.807) is 0 Å². The standard InChI is InChI=1S/C7H8N2O5S/c1-15(12,13)14-5-2-3-6(8)7(4-5)9(10)11/h2-4H,8H2,1H3. The molecule has 0 aliphatic heterocycles. The highest BCUT2D eigenvalue weighted by Gasteiger charge is 2.14. The van der Waals surface area contributed by atoms with Crippen molar-refractivity contribution in [3.05, 3.63) is 28.3 Å². The molecule has 15 heavy (non-hydrogen) atoms. The molecule has 0 saturated carbocycles. The van der Waals surface area contributed by atoms with Gasteiger partial charge in [-0.3, -0.25) is 10.1 Å². The summed E-state index contributed by atoms with van der Waals surface area (Å²) in [6, 6.07) is 3.40. The number of benzene rings is 1. The smallest absolute Gasteiger partial charge is 0.306 e. The van der Waals surface area contributed by atoms with Gasteiger partial charge in [-0.25, -0.2) is 0 Å². The van der Waals surface area contributed by atoms with Crippen molar-refractivity contribution in [1.82, 2.24) is 0 Å². The molecule has 1 rings (SSSR count). The van der Waals surface area contributed by atoms with Crippen molar-refractivity contribution in [3.8, 4) is 5.75 Å². The summed E-state index contributed by atoms with van der Waals surface area (Å²) in [6.45, 7) is 0. The maximum absolute atomic E-state index is 10.7. The van der Waals surface area contributed by atoms with Crippen LogP contribution in [-0.2, 0) is 10.1 Å². The Labute approximate surface area is 85.7 Å². The minimum absolute atomic E-state index is 0.0548. The van der Waals surface area contributed by atoms with Crippen molar-refractivity contribution in [2.75, 3.05) is 12.0 Å². The molecule has 0 saturated heterocycles. The lowest BCUT2D eigenvalue weighted by Gasteiger charge is -2.03. The first-order valence-corrected chi connectivity index (χ1v) is 5.54. The molecule has 1 aromatic carbocycles. The predicted molar refractivity (Wildman–Crippen MR) is 53.0 cm³/mol. The number of nitrogens with two attached hydrogens (primary N) is 1. The predicted octanol–water partition coefficient (Wildman–Crippen LogP) is 0.515. The van der Waals surface area contributed by atoms with Crippen molar-refractivity contribution >= 4 is 21.5 Å². The van der Waals surface area contributed by atoms with E-state index < -0.39 is 20.7 Å². The zero-order valence-electron chi connectivity index (χ0n) is 7.71. The van der Waals surface area contributed by atoms with Crippen LogP contribution in [0.15, 0.2) is 18.2 Å². The summed E-state index contributed by atoms with van der Waals surface area (Å²) < 4.78 is 25.9. The van der Waals surface area contributed by atoms with Gasteiger partial charge in [-0.1, -0.05) is 0 Å². The highest BCUT2D eigenvalue weighted by Crippen LogP contribution is 2.26. The van der Waals surface area contributed by atoms with Crippen LogP contribution in [0.4, 0.5) is 11.4 Å². The molecule has 2 N–H and O–H groups in total. The van der Waals surface area contributed by atoms with E-state index in [1.807, 2.05) is 0 Å². The summed E-state index contributed by atoms with van der Waals surface area (Å²) in [4.78, 5) is 9.74. The Morgan fingerprint density at radius 2 is 2.07 bits per heavy atom. The minimum Gasteiger partial charge on any atom is -0.393 e. The lowest BCUT2D eigenvalue weighted by molar-refractivity contribution is -0.383. The van der Waals surface area contributed by atoms with Gasteiger partial charge in [0.2, 0.25) is 0 Å².